The first kappa shape index (κ1) is 22.4. The van der Waals surface area contributed by atoms with E-state index in [1.165, 1.54) is 64.2 Å². The first-order chi connectivity index (χ1) is 11.0. The summed E-state index contributed by atoms with van der Waals surface area (Å²) in [7, 11) is 3.56. The third kappa shape index (κ3) is 10.8. The van der Waals surface area contributed by atoms with Crippen molar-refractivity contribution in [1.82, 2.24) is 4.90 Å². The molecule has 0 N–H and O–H groups in total. The first-order valence-corrected chi connectivity index (χ1v) is 9.79. The first-order valence-electron chi connectivity index (χ1n) is 9.79. The molecule has 0 aromatic heterocycles. The minimum atomic E-state index is 0.0578. The monoisotopic (exact) mass is 327 g/mol. The number of hydrogen-bond donors (Lipinski definition) is 0. The Morgan fingerprint density at radius 3 is 2.00 bits per heavy atom. The Balaban J connectivity index is 4.13. The molecule has 0 bridgehead atoms. The molecule has 3 nitrogen and oxygen atoms in total. The van der Waals surface area contributed by atoms with E-state index in [1.807, 2.05) is 0 Å². The van der Waals surface area contributed by atoms with Crippen LogP contribution in [0.5, 0.6) is 0 Å². The van der Waals surface area contributed by atoms with Crippen molar-refractivity contribution >= 4 is 5.91 Å². The lowest BCUT2D eigenvalue weighted by atomic mass is 9.77. The van der Waals surface area contributed by atoms with Gasteiger partial charge in [0.15, 0.2) is 0 Å². The van der Waals surface area contributed by atoms with E-state index in [1.54, 1.807) is 19.0 Å². The molecule has 0 aliphatic heterocycles. The predicted molar refractivity (Wildman–Crippen MR) is 99.8 cm³/mol. The topological polar surface area (TPSA) is 29.5 Å². The lowest BCUT2D eigenvalue weighted by Gasteiger charge is -2.32. The Hall–Kier alpha value is -0.570. The summed E-state index contributed by atoms with van der Waals surface area (Å²) in [5, 5.41) is 0. The van der Waals surface area contributed by atoms with Gasteiger partial charge in [-0.25, -0.2) is 0 Å². The Bertz CT molecular complexity index is 291. The van der Waals surface area contributed by atoms with Crippen LogP contribution < -0.4 is 0 Å². The minimum Gasteiger partial charge on any atom is -0.371 e. The summed E-state index contributed by atoms with van der Waals surface area (Å²) in [6, 6.07) is 0. The van der Waals surface area contributed by atoms with Gasteiger partial charge in [-0.2, -0.15) is 0 Å². The third-order valence-electron chi connectivity index (χ3n) is 4.97. The molecule has 1 amide bonds. The molecule has 0 aromatic rings. The summed E-state index contributed by atoms with van der Waals surface area (Å²) in [4.78, 5) is 13.3. The maximum Gasteiger partial charge on any atom is 0.248 e. The Kier molecular flexibility index (Phi) is 13.5. The molecule has 0 aliphatic rings. The van der Waals surface area contributed by atoms with Gasteiger partial charge in [0.2, 0.25) is 5.91 Å². The molecule has 0 aromatic carbocycles. The highest BCUT2D eigenvalue weighted by atomic mass is 16.5. The summed E-state index contributed by atoms with van der Waals surface area (Å²) in [6.07, 6.45) is 14.2. The van der Waals surface area contributed by atoms with Crippen molar-refractivity contribution in [2.45, 2.75) is 91.4 Å². The lowest BCUT2D eigenvalue weighted by Crippen LogP contribution is -2.31. The fourth-order valence-corrected chi connectivity index (χ4v) is 3.20. The molecule has 0 saturated heterocycles. The minimum absolute atomic E-state index is 0.0578. The van der Waals surface area contributed by atoms with Crippen LogP contribution in [0.2, 0.25) is 0 Å². The number of unbranched alkanes of at least 4 members (excludes halogenated alkanes) is 6. The van der Waals surface area contributed by atoms with Gasteiger partial charge >= 0.3 is 0 Å². The normalized spacial score (nSPS) is 13.8. The zero-order valence-corrected chi connectivity index (χ0v) is 16.5. The molecule has 138 valence electrons. The fourth-order valence-electron chi connectivity index (χ4n) is 3.20. The van der Waals surface area contributed by atoms with Crippen LogP contribution in [0.15, 0.2) is 0 Å². The molecule has 0 fully saturated rings. The Morgan fingerprint density at radius 2 is 1.48 bits per heavy atom. The van der Waals surface area contributed by atoms with Gasteiger partial charge in [-0.3, -0.25) is 4.79 Å². The molecular formula is C20H41NO2. The van der Waals surface area contributed by atoms with Crippen LogP contribution in [0.3, 0.4) is 0 Å². The maximum atomic E-state index is 11.7. The van der Waals surface area contributed by atoms with Gasteiger partial charge in [-0.05, 0) is 24.7 Å². The Labute approximate surface area is 145 Å². The Morgan fingerprint density at radius 1 is 0.870 bits per heavy atom. The van der Waals surface area contributed by atoms with Gasteiger partial charge in [0.25, 0.3) is 0 Å². The van der Waals surface area contributed by atoms with Crippen LogP contribution in [0, 0.1) is 5.41 Å². The average molecular weight is 328 g/mol. The highest BCUT2D eigenvalue weighted by molar-refractivity contribution is 5.76. The van der Waals surface area contributed by atoms with E-state index >= 15 is 0 Å². The van der Waals surface area contributed by atoms with Crippen molar-refractivity contribution in [1.29, 1.82) is 0 Å². The highest BCUT2D eigenvalue weighted by Gasteiger charge is 2.27. The van der Waals surface area contributed by atoms with E-state index in [9.17, 15) is 4.79 Å². The fraction of sp³-hybridized carbons (Fsp3) is 0.950. The lowest BCUT2D eigenvalue weighted by molar-refractivity contribution is -0.135. The smallest absolute Gasteiger partial charge is 0.248 e. The van der Waals surface area contributed by atoms with E-state index in [4.69, 9.17) is 4.74 Å². The number of hydrogen-bond acceptors (Lipinski definition) is 2. The summed E-state index contributed by atoms with van der Waals surface area (Å²) in [6.45, 7) is 7.73. The molecule has 0 aliphatic carbocycles. The summed E-state index contributed by atoms with van der Waals surface area (Å²) < 4.78 is 5.78. The summed E-state index contributed by atoms with van der Waals surface area (Å²) in [5.74, 6) is 0.0578. The van der Waals surface area contributed by atoms with E-state index in [-0.39, 0.29) is 17.9 Å². The number of ether oxygens (including phenoxy) is 1. The third-order valence-corrected chi connectivity index (χ3v) is 4.97. The second-order valence-corrected chi connectivity index (χ2v) is 7.26. The largest absolute Gasteiger partial charge is 0.371 e. The van der Waals surface area contributed by atoms with Gasteiger partial charge in [-0.1, -0.05) is 72.1 Å². The van der Waals surface area contributed by atoms with Gasteiger partial charge in [0.1, 0.15) is 6.61 Å². The highest BCUT2D eigenvalue weighted by Crippen LogP contribution is 2.35. The van der Waals surface area contributed by atoms with Gasteiger partial charge in [-0.15, -0.1) is 0 Å². The molecule has 3 heteroatoms. The molecule has 1 atom stereocenters. The van der Waals surface area contributed by atoms with Crippen LogP contribution in [0.1, 0.15) is 91.4 Å². The molecule has 23 heavy (non-hydrogen) atoms. The summed E-state index contributed by atoms with van der Waals surface area (Å²) in [5.41, 5.74) is 0.269. The van der Waals surface area contributed by atoms with Crippen molar-refractivity contribution in [2.24, 2.45) is 5.41 Å². The maximum absolute atomic E-state index is 11.7. The number of amides is 1. The molecule has 1 unspecified atom stereocenters. The van der Waals surface area contributed by atoms with E-state index in [2.05, 4.69) is 20.8 Å². The van der Waals surface area contributed by atoms with Crippen molar-refractivity contribution in [3.05, 3.63) is 0 Å². The molecule has 0 radical (unpaired) electrons. The van der Waals surface area contributed by atoms with Crippen molar-refractivity contribution < 1.29 is 9.53 Å². The molecular weight excluding hydrogens is 286 g/mol. The van der Waals surface area contributed by atoms with Crippen LogP contribution in [-0.4, -0.2) is 38.1 Å². The number of nitrogens with zero attached hydrogens (tertiary/aromatic N) is 1. The second kappa shape index (κ2) is 13.8. The van der Waals surface area contributed by atoms with Crippen molar-refractivity contribution in [3.8, 4) is 0 Å². The van der Waals surface area contributed by atoms with Crippen LogP contribution in [-0.2, 0) is 9.53 Å². The van der Waals surface area contributed by atoms with Gasteiger partial charge < -0.3 is 9.64 Å². The predicted octanol–water partition coefficient (Wildman–Crippen LogP) is 5.43. The number of carbonyl (C=O) groups excluding carboxylic acids is 1. The van der Waals surface area contributed by atoms with Crippen LogP contribution in [0.25, 0.3) is 0 Å². The standard InChI is InChI=1S/C20H41NO2/c1-6-9-10-11-12-13-14-16-20(8-3,15-7-2)18-23-17-19(22)21(4)5/h6-18H2,1-5H3. The van der Waals surface area contributed by atoms with Crippen LogP contribution >= 0.6 is 0 Å². The molecule has 0 spiro atoms. The van der Waals surface area contributed by atoms with E-state index in [0.717, 1.165) is 13.0 Å². The van der Waals surface area contributed by atoms with Crippen LogP contribution in [0.4, 0.5) is 0 Å². The average Bonchev–Trinajstić information content (AvgIpc) is 2.53. The molecule has 0 saturated carbocycles. The second-order valence-electron chi connectivity index (χ2n) is 7.26. The molecule has 0 rings (SSSR count). The quantitative estimate of drug-likeness (QED) is 0.375. The molecule has 0 heterocycles. The van der Waals surface area contributed by atoms with Gasteiger partial charge in [0, 0.05) is 14.1 Å². The SMILES string of the molecule is CCCCCCCCCC(CC)(CCC)COCC(=O)N(C)C. The van der Waals surface area contributed by atoms with Crippen molar-refractivity contribution in [2.75, 3.05) is 27.3 Å². The zero-order chi connectivity index (χ0) is 17.6. The number of likely N-dealkylation sites (N-methyl/N-ethyl adjacent to an activating group) is 1. The number of rotatable bonds is 15. The summed E-state index contributed by atoms with van der Waals surface area (Å²) >= 11 is 0. The van der Waals surface area contributed by atoms with E-state index < -0.39 is 0 Å². The van der Waals surface area contributed by atoms with Gasteiger partial charge in [0.05, 0.1) is 6.61 Å². The van der Waals surface area contributed by atoms with E-state index in [0.29, 0.717) is 0 Å². The number of carbonyl (C=O) groups is 1. The zero-order valence-electron chi connectivity index (χ0n) is 16.5. The van der Waals surface area contributed by atoms with Crippen molar-refractivity contribution in [3.63, 3.8) is 0 Å².